The molecule has 136 valence electrons. The molecular formula is C18H28O6. The van der Waals surface area contributed by atoms with Crippen molar-refractivity contribution in [3.05, 3.63) is 25.3 Å². The quantitative estimate of drug-likeness (QED) is 0.378. The fraction of sp³-hybridized carbons (Fsp3) is 0.556. The molecule has 24 heavy (non-hydrogen) atoms. The maximum Gasteiger partial charge on any atom is 0.293 e. The van der Waals surface area contributed by atoms with Crippen LogP contribution in [0.1, 0.15) is 40.0 Å². The van der Waals surface area contributed by atoms with E-state index in [0.717, 1.165) is 6.42 Å². The van der Waals surface area contributed by atoms with Gasteiger partial charge in [0.2, 0.25) is 0 Å². The van der Waals surface area contributed by atoms with Crippen LogP contribution >= 0.6 is 0 Å². The molecule has 0 bridgehead atoms. The van der Waals surface area contributed by atoms with Crippen LogP contribution < -0.4 is 0 Å². The summed E-state index contributed by atoms with van der Waals surface area (Å²) in [5.41, 5.74) is -0.258. The fourth-order valence-electron chi connectivity index (χ4n) is 1.70. The Kier molecular flexibility index (Phi) is 14.4. The van der Waals surface area contributed by atoms with Gasteiger partial charge in [0, 0.05) is 18.3 Å². The van der Waals surface area contributed by atoms with Crippen molar-refractivity contribution in [2.24, 2.45) is 11.3 Å². The number of hydrogen-bond donors (Lipinski definition) is 0. The Labute approximate surface area is 143 Å². The van der Waals surface area contributed by atoms with E-state index in [1.807, 2.05) is 20.8 Å². The Balaban J connectivity index is 0. The van der Waals surface area contributed by atoms with E-state index in [9.17, 15) is 19.2 Å². The van der Waals surface area contributed by atoms with Gasteiger partial charge in [-0.3, -0.25) is 19.2 Å². The minimum absolute atomic E-state index is 0.0150. The lowest BCUT2D eigenvalue weighted by Crippen LogP contribution is -2.25. The summed E-state index contributed by atoms with van der Waals surface area (Å²) >= 11 is 0. The van der Waals surface area contributed by atoms with Crippen molar-refractivity contribution in [2.75, 3.05) is 13.2 Å². The van der Waals surface area contributed by atoms with Crippen LogP contribution in [0.25, 0.3) is 0 Å². The molecular weight excluding hydrogens is 312 g/mol. The third-order valence-electron chi connectivity index (χ3n) is 3.41. The third kappa shape index (κ3) is 13.4. The first-order valence-electron chi connectivity index (χ1n) is 7.69. The largest absolute Gasteiger partial charge is 0.468 e. The van der Waals surface area contributed by atoms with Crippen LogP contribution in [0.4, 0.5) is 0 Å². The molecule has 6 nitrogen and oxygen atoms in total. The van der Waals surface area contributed by atoms with Gasteiger partial charge in [0.25, 0.3) is 12.9 Å². The Morgan fingerprint density at radius 3 is 2.04 bits per heavy atom. The standard InChI is InChI=1S/C10H16O3.C8H12O3/c1-4-9(12)6-10(3,5-2)7-13-8-11;1-3-8(10)4-7(2)5-11-6-9/h4,8H,1,5-7H2,2-3H3;3,6-7H,1,4-5H2,2H3. The molecule has 0 fully saturated rings. The monoisotopic (exact) mass is 340 g/mol. The maximum absolute atomic E-state index is 11.1. The molecule has 0 aliphatic rings. The summed E-state index contributed by atoms with van der Waals surface area (Å²) < 4.78 is 9.14. The number of hydrogen-bond acceptors (Lipinski definition) is 6. The van der Waals surface area contributed by atoms with Crippen molar-refractivity contribution < 1.29 is 28.7 Å². The summed E-state index contributed by atoms with van der Waals surface area (Å²) in [5, 5.41) is 0. The topological polar surface area (TPSA) is 86.7 Å². The summed E-state index contributed by atoms with van der Waals surface area (Å²) in [6.07, 6.45) is 4.13. The second-order valence-electron chi connectivity index (χ2n) is 5.83. The molecule has 0 aromatic rings. The number of ketones is 2. The van der Waals surface area contributed by atoms with E-state index in [-0.39, 0.29) is 29.5 Å². The fourth-order valence-corrected chi connectivity index (χ4v) is 1.70. The van der Waals surface area contributed by atoms with Gasteiger partial charge in [0.15, 0.2) is 11.6 Å². The maximum atomic E-state index is 11.1. The summed E-state index contributed by atoms with van der Waals surface area (Å²) in [6, 6.07) is 0. The van der Waals surface area contributed by atoms with Gasteiger partial charge in [-0.2, -0.15) is 0 Å². The summed E-state index contributed by atoms with van der Waals surface area (Å²) in [5.74, 6) is 0.0385. The number of ether oxygens (including phenoxy) is 2. The van der Waals surface area contributed by atoms with Crippen molar-refractivity contribution in [2.45, 2.75) is 40.0 Å². The summed E-state index contributed by atoms with van der Waals surface area (Å²) in [7, 11) is 0. The van der Waals surface area contributed by atoms with Gasteiger partial charge in [0.1, 0.15) is 0 Å². The Bertz CT molecular complexity index is 429. The predicted molar refractivity (Wildman–Crippen MR) is 91.2 cm³/mol. The lowest BCUT2D eigenvalue weighted by Gasteiger charge is -2.25. The highest BCUT2D eigenvalue weighted by Gasteiger charge is 2.25. The normalized spacial score (nSPS) is 13.1. The van der Waals surface area contributed by atoms with E-state index in [1.165, 1.54) is 12.2 Å². The number of carbonyl (C=O) groups is 4. The van der Waals surface area contributed by atoms with Crippen LogP contribution in [0.15, 0.2) is 25.3 Å². The van der Waals surface area contributed by atoms with Crippen LogP contribution in [0, 0.1) is 11.3 Å². The predicted octanol–water partition coefficient (Wildman–Crippen LogP) is 2.66. The molecule has 0 N–H and O–H groups in total. The SMILES string of the molecule is C=CC(=O)CC(C)(CC)COC=O.C=CC(=O)CC(C)COC=O. The molecule has 0 amide bonds. The molecule has 6 heteroatoms. The zero-order chi connectivity index (χ0) is 19.0. The van der Waals surface area contributed by atoms with Gasteiger partial charge in [-0.15, -0.1) is 0 Å². The molecule has 0 saturated carbocycles. The van der Waals surface area contributed by atoms with E-state index >= 15 is 0 Å². The smallest absolute Gasteiger partial charge is 0.293 e. The molecule has 2 atom stereocenters. The zero-order valence-electron chi connectivity index (χ0n) is 14.8. The molecule has 0 spiro atoms. The van der Waals surface area contributed by atoms with Crippen molar-refractivity contribution in [1.82, 2.24) is 0 Å². The minimum atomic E-state index is -0.258. The highest BCUT2D eigenvalue weighted by molar-refractivity contribution is 5.89. The van der Waals surface area contributed by atoms with Crippen molar-refractivity contribution >= 4 is 24.5 Å². The van der Waals surface area contributed by atoms with Gasteiger partial charge in [0.05, 0.1) is 13.2 Å². The van der Waals surface area contributed by atoms with E-state index in [1.54, 1.807) is 0 Å². The zero-order valence-corrected chi connectivity index (χ0v) is 14.8. The highest BCUT2D eigenvalue weighted by atomic mass is 16.5. The summed E-state index contributed by atoms with van der Waals surface area (Å²) in [6.45, 7) is 13.8. The van der Waals surface area contributed by atoms with Gasteiger partial charge in [-0.25, -0.2) is 0 Å². The minimum Gasteiger partial charge on any atom is -0.468 e. The second-order valence-corrected chi connectivity index (χ2v) is 5.83. The molecule has 0 aromatic carbocycles. The molecule has 2 unspecified atom stereocenters. The number of carbonyl (C=O) groups excluding carboxylic acids is 4. The molecule has 0 rings (SSSR count). The number of rotatable bonds is 13. The van der Waals surface area contributed by atoms with E-state index < -0.39 is 0 Å². The van der Waals surface area contributed by atoms with Crippen LogP contribution in [0.2, 0.25) is 0 Å². The first-order valence-corrected chi connectivity index (χ1v) is 7.69. The van der Waals surface area contributed by atoms with Gasteiger partial charge in [-0.1, -0.05) is 33.9 Å². The number of allylic oxidation sites excluding steroid dienone is 2. The third-order valence-corrected chi connectivity index (χ3v) is 3.41. The van der Waals surface area contributed by atoms with Crippen molar-refractivity contribution in [3.8, 4) is 0 Å². The average molecular weight is 340 g/mol. The van der Waals surface area contributed by atoms with Gasteiger partial charge >= 0.3 is 0 Å². The molecule has 0 aliphatic carbocycles. The molecule has 0 aliphatic heterocycles. The molecule has 0 saturated heterocycles. The van der Waals surface area contributed by atoms with Gasteiger partial charge < -0.3 is 9.47 Å². The second kappa shape index (κ2) is 14.4. The first-order chi connectivity index (χ1) is 11.3. The Morgan fingerprint density at radius 1 is 1.08 bits per heavy atom. The van der Waals surface area contributed by atoms with Crippen LogP contribution in [-0.2, 0) is 28.7 Å². The van der Waals surface area contributed by atoms with Crippen molar-refractivity contribution in [3.63, 3.8) is 0 Å². The first kappa shape index (κ1) is 24.0. The van der Waals surface area contributed by atoms with Crippen LogP contribution in [0.5, 0.6) is 0 Å². The van der Waals surface area contributed by atoms with Crippen LogP contribution in [-0.4, -0.2) is 37.7 Å². The Morgan fingerprint density at radius 2 is 1.62 bits per heavy atom. The molecule has 0 aromatic heterocycles. The lowest BCUT2D eigenvalue weighted by atomic mass is 9.83. The van der Waals surface area contributed by atoms with Crippen molar-refractivity contribution in [1.29, 1.82) is 0 Å². The van der Waals surface area contributed by atoms with E-state index in [4.69, 9.17) is 0 Å². The Hall–Kier alpha value is -2.24. The molecule has 0 radical (unpaired) electrons. The summed E-state index contributed by atoms with van der Waals surface area (Å²) in [4.78, 5) is 41.5. The average Bonchev–Trinajstić information content (AvgIpc) is 2.58. The molecule has 0 heterocycles. The lowest BCUT2D eigenvalue weighted by molar-refractivity contribution is -0.133. The highest BCUT2D eigenvalue weighted by Crippen LogP contribution is 2.26. The van der Waals surface area contributed by atoms with E-state index in [0.29, 0.717) is 32.4 Å². The van der Waals surface area contributed by atoms with Gasteiger partial charge in [-0.05, 0) is 24.5 Å². The van der Waals surface area contributed by atoms with E-state index in [2.05, 4.69) is 22.6 Å². The van der Waals surface area contributed by atoms with Crippen LogP contribution in [0.3, 0.4) is 0 Å².